The number of carbonyl (C=O) groups excluding carboxylic acids is 1. The van der Waals surface area contributed by atoms with Gasteiger partial charge in [0.05, 0.1) is 19.9 Å². The normalized spacial score (nSPS) is 8.43. The third-order valence-corrected chi connectivity index (χ3v) is 1.41. The fraction of sp³-hybridized carbons (Fsp3) is 0.286. The van der Waals surface area contributed by atoms with Crippen LogP contribution >= 0.6 is 24.8 Å². The van der Waals surface area contributed by atoms with E-state index in [2.05, 4.69) is 10.2 Å². The lowest BCUT2D eigenvalue weighted by molar-refractivity contribution is 0.0598. The Bertz CT molecular complexity index is 278. The molecule has 0 aliphatic rings. The fourth-order valence-electron chi connectivity index (χ4n) is 0.862. The lowest BCUT2D eigenvalue weighted by Gasteiger charge is -1.98. The van der Waals surface area contributed by atoms with Gasteiger partial charge < -0.3 is 9.15 Å². The highest BCUT2D eigenvalue weighted by atomic mass is 35.5. The molecule has 0 amide bonds. The summed E-state index contributed by atoms with van der Waals surface area (Å²) in [6, 6.07) is 1.54. The second-order valence-corrected chi connectivity index (χ2v) is 2.13. The van der Waals surface area contributed by atoms with Crippen molar-refractivity contribution in [2.24, 2.45) is 5.84 Å². The van der Waals surface area contributed by atoms with E-state index in [0.717, 1.165) is 0 Å². The summed E-state index contributed by atoms with van der Waals surface area (Å²) >= 11 is 0. The molecule has 1 aromatic rings. The van der Waals surface area contributed by atoms with Gasteiger partial charge in [-0.3, -0.25) is 11.3 Å². The molecule has 0 unspecified atom stereocenters. The van der Waals surface area contributed by atoms with Gasteiger partial charge in [0.15, 0.2) is 0 Å². The SMILES string of the molecule is COC(=O)c1ccoc1CNN.Cl.Cl. The Hall–Kier alpha value is -0.750. The van der Waals surface area contributed by atoms with Crippen LogP contribution in [0.3, 0.4) is 0 Å². The quantitative estimate of drug-likeness (QED) is 0.468. The number of hydrazine groups is 1. The number of esters is 1. The molecule has 1 rings (SSSR count). The van der Waals surface area contributed by atoms with E-state index in [4.69, 9.17) is 10.3 Å². The first-order valence-electron chi connectivity index (χ1n) is 3.37. The molecule has 7 heteroatoms. The Kier molecular flexibility index (Phi) is 8.57. The third-order valence-electron chi connectivity index (χ3n) is 1.41. The van der Waals surface area contributed by atoms with E-state index < -0.39 is 5.97 Å². The van der Waals surface area contributed by atoms with Crippen molar-refractivity contribution in [3.8, 4) is 0 Å². The van der Waals surface area contributed by atoms with Gasteiger partial charge in [0.25, 0.3) is 0 Å². The number of ether oxygens (including phenoxy) is 1. The first kappa shape index (κ1) is 15.7. The molecule has 0 radical (unpaired) electrons. The lowest BCUT2D eigenvalue weighted by Crippen LogP contribution is -2.21. The van der Waals surface area contributed by atoms with Gasteiger partial charge in [-0.2, -0.15) is 0 Å². The summed E-state index contributed by atoms with van der Waals surface area (Å²) in [5, 5.41) is 0. The number of methoxy groups -OCH3 is 1. The molecule has 0 aliphatic carbocycles. The average molecular weight is 243 g/mol. The molecule has 0 spiro atoms. The van der Waals surface area contributed by atoms with E-state index in [-0.39, 0.29) is 24.8 Å². The number of nitrogens with two attached hydrogens (primary N) is 1. The van der Waals surface area contributed by atoms with Crippen LogP contribution in [-0.4, -0.2) is 13.1 Å². The van der Waals surface area contributed by atoms with E-state index in [1.807, 2.05) is 0 Å². The zero-order chi connectivity index (χ0) is 8.97. The molecule has 5 nitrogen and oxygen atoms in total. The van der Waals surface area contributed by atoms with Crippen LogP contribution in [0, 0.1) is 0 Å². The Morgan fingerprint density at radius 3 is 2.79 bits per heavy atom. The fourth-order valence-corrected chi connectivity index (χ4v) is 0.862. The molecule has 82 valence electrons. The summed E-state index contributed by atoms with van der Waals surface area (Å²) in [6.07, 6.45) is 1.42. The van der Waals surface area contributed by atoms with Crippen LogP contribution in [-0.2, 0) is 11.3 Å². The molecular weight excluding hydrogens is 231 g/mol. The Labute approximate surface area is 93.8 Å². The van der Waals surface area contributed by atoms with Gasteiger partial charge in [-0.05, 0) is 6.07 Å². The van der Waals surface area contributed by atoms with E-state index in [1.165, 1.54) is 13.4 Å². The van der Waals surface area contributed by atoms with Crippen molar-refractivity contribution in [3.63, 3.8) is 0 Å². The van der Waals surface area contributed by atoms with Crippen LogP contribution < -0.4 is 11.3 Å². The lowest BCUT2D eigenvalue weighted by atomic mass is 10.2. The summed E-state index contributed by atoms with van der Waals surface area (Å²) in [5.41, 5.74) is 2.79. The minimum Gasteiger partial charge on any atom is -0.467 e. The maximum absolute atomic E-state index is 11.0. The Morgan fingerprint density at radius 1 is 1.64 bits per heavy atom. The van der Waals surface area contributed by atoms with Crippen molar-refractivity contribution < 1.29 is 13.9 Å². The molecule has 1 aromatic heterocycles. The van der Waals surface area contributed by atoms with Crippen molar-refractivity contribution in [3.05, 3.63) is 23.7 Å². The summed E-state index contributed by atoms with van der Waals surface area (Å²) in [6.45, 7) is 0.303. The highest BCUT2D eigenvalue weighted by Crippen LogP contribution is 2.10. The molecule has 0 saturated carbocycles. The topological polar surface area (TPSA) is 77.5 Å². The summed E-state index contributed by atoms with van der Waals surface area (Å²) in [4.78, 5) is 11.0. The number of nitrogens with one attached hydrogen (secondary N) is 1. The number of rotatable bonds is 3. The predicted octanol–water partition coefficient (Wildman–Crippen LogP) is 0.873. The van der Waals surface area contributed by atoms with Crippen molar-refractivity contribution in [1.82, 2.24) is 5.43 Å². The van der Waals surface area contributed by atoms with Crippen molar-refractivity contribution in [1.29, 1.82) is 0 Å². The summed E-state index contributed by atoms with van der Waals surface area (Å²) in [7, 11) is 1.31. The number of hydrogen-bond acceptors (Lipinski definition) is 5. The highest BCUT2D eigenvalue weighted by Gasteiger charge is 2.13. The molecule has 1 heterocycles. The zero-order valence-electron chi connectivity index (χ0n) is 7.48. The van der Waals surface area contributed by atoms with Crippen molar-refractivity contribution in [2.75, 3.05) is 7.11 Å². The minimum absolute atomic E-state index is 0. The van der Waals surface area contributed by atoms with Gasteiger partial charge in [0.2, 0.25) is 0 Å². The highest BCUT2D eigenvalue weighted by molar-refractivity contribution is 5.90. The summed E-state index contributed by atoms with van der Waals surface area (Å²) < 4.78 is 9.50. The summed E-state index contributed by atoms with van der Waals surface area (Å²) in [5.74, 6) is 5.12. The van der Waals surface area contributed by atoms with Gasteiger partial charge in [0, 0.05) is 0 Å². The van der Waals surface area contributed by atoms with Gasteiger partial charge >= 0.3 is 5.97 Å². The van der Waals surface area contributed by atoms with Gasteiger partial charge in [-0.1, -0.05) is 0 Å². The molecule has 3 N–H and O–H groups in total. The monoisotopic (exact) mass is 242 g/mol. The minimum atomic E-state index is -0.422. The van der Waals surface area contributed by atoms with Crippen molar-refractivity contribution >= 4 is 30.8 Å². The molecule has 0 bridgehead atoms. The standard InChI is InChI=1S/C7H10N2O3.2ClH/c1-11-7(10)5-2-3-12-6(5)4-9-8;;/h2-3,9H,4,8H2,1H3;2*1H. The number of hydrogen-bond donors (Lipinski definition) is 2. The maximum atomic E-state index is 11.0. The van der Waals surface area contributed by atoms with Crippen LogP contribution in [0.1, 0.15) is 16.1 Å². The Morgan fingerprint density at radius 2 is 2.29 bits per heavy atom. The predicted molar refractivity (Wildman–Crippen MR) is 55.6 cm³/mol. The van der Waals surface area contributed by atoms with Crippen LogP contribution in [0.15, 0.2) is 16.7 Å². The molecule has 0 aliphatic heterocycles. The number of halogens is 2. The largest absolute Gasteiger partial charge is 0.467 e. The third kappa shape index (κ3) is 3.55. The smallest absolute Gasteiger partial charge is 0.341 e. The molecule has 0 aromatic carbocycles. The van der Waals surface area contributed by atoms with Crippen LogP contribution in [0.5, 0.6) is 0 Å². The van der Waals surface area contributed by atoms with E-state index >= 15 is 0 Å². The molecular formula is C7H12Cl2N2O3. The maximum Gasteiger partial charge on any atom is 0.341 e. The van der Waals surface area contributed by atoms with Gasteiger partial charge in [-0.15, -0.1) is 24.8 Å². The van der Waals surface area contributed by atoms with Crippen LogP contribution in [0.25, 0.3) is 0 Å². The molecule has 0 atom stereocenters. The molecule has 0 saturated heterocycles. The first-order valence-corrected chi connectivity index (χ1v) is 3.37. The van der Waals surface area contributed by atoms with Gasteiger partial charge in [-0.25, -0.2) is 4.79 Å². The zero-order valence-corrected chi connectivity index (χ0v) is 9.11. The van der Waals surface area contributed by atoms with E-state index in [9.17, 15) is 4.79 Å². The first-order chi connectivity index (χ1) is 5.79. The van der Waals surface area contributed by atoms with E-state index in [0.29, 0.717) is 17.9 Å². The Balaban J connectivity index is 0. The number of furan rings is 1. The van der Waals surface area contributed by atoms with Crippen LogP contribution in [0.4, 0.5) is 0 Å². The average Bonchev–Trinajstić information content (AvgIpc) is 2.52. The molecule has 0 fully saturated rings. The van der Waals surface area contributed by atoms with Crippen molar-refractivity contribution in [2.45, 2.75) is 6.54 Å². The molecule has 14 heavy (non-hydrogen) atoms. The second-order valence-electron chi connectivity index (χ2n) is 2.13. The van der Waals surface area contributed by atoms with Crippen LogP contribution in [0.2, 0.25) is 0 Å². The number of carbonyl (C=O) groups is 1. The van der Waals surface area contributed by atoms with E-state index in [1.54, 1.807) is 6.07 Å². The second kappa shape index (κ2) is 7.64. The van der Waals surface area contributed by atoms with Gasteiger partial charge in [0.1, 0.15) is 11.3 Å².